The van der Waals surface area contributed by atoms with Crippen molar-refractivity contribution >= 4 is 17.6 Å². The van der Waals surface area contributed by atoms with Crippen molar-refractivity contribution < 1.29 is 4.42 Å². The molecule has 1 saturated carbocycles. The highest BCUT2D eigenvalue weighted by molar-refractivity contribution is 6.16. The zero-order valence-corrected chi connectivity index (χ0v) is 9.84. The van der Waals surface area contributed by atoms with Crippen molar-refractivity contribution in [2.24, 2.45) is 5.41 Å². The topological polar surface area (TPSA) is 51.0 Å². The number of alkyl halides is 1. The molecule has 1 aromatic rings. The molecular formula is C10H16ClN3O. The minimum Gasteiger partial charge on any atom is -0.407 e. The zero-order chi connectivity index (χ0) is 10.9. The van der Waals surface area contributed by atoms with E-state index in [4.69, 9.17) is 16.0 Å². The summed E-state index contributed by atoms with van der Waals surface area (Å²) in [7, 11) is 0. The van der Waals surface area contributed by atoms with Crippen molar-refractivity contribution in [3.63, 3.8) is 0 Å². The largest absolute Gasteiger partial charge is 0.407 e. The van der Waals surface area contributed by atoms with Gasteiger partial charge in [0.2, 0.25) is 5.89 Å². The first-order valence-electron chi connectivity index (χ1n) is 5.27. The van der Waals surface area contributed by atoms with Crippen LogP contribution in [0.15, 0.2) is 4.42 Å². The van der Waals surface area contributed by atoms with Crippen molar-refractivity contribution in [1.29, 1.82) is 0 Å². The minimum atomic E-state index is 0.267. The van der Waals surface area contributed by atoms with Crippen molar-refractivity contribution in [1.82, 2.24) is 10.2 Å². The molecule has 0 saturated heterocycles. The van der Waals surface area contributed by atoms with Crippen LogP contribution in [-0.2, 0) is 5.88 Å². The van der Waals surface area contributed by atoms with E-state index in [-0.39, 0.29) is 5.88 Å². The lowest BCUT2D eigenvalue weighted by atomic mass is 9.87. The van der Waals surface area contributed by atoms with Crippen LogP contribution in [0.25, 0.3) is 0 Å². The maximum absolute atomic E-state index is 5.59. The number of halogens is 1. The minimum absolute atomic E-state index is 0.267. The van der Waals surface area contributed by atoms with E-state index in [1.165, 1.54) is 12.8 Å². The number of anilines is 1. The third kappa shape index (κ3) is 2.25. The Kier molecular flexibility index (Phi) is 2.87. The van der Waals surface area contributed by atoms with E-state index < -0.39 is 0 Å². The standard InChI is InChI=1S/C10H16ClN3O/c1-10(2)5-3-4-7(10)12-9-14-13-8(6-11)15-9/h7H,3-6H2,1-2H3,(H,12,14). The van der Waals surface area contributed by atoms with Gasteiger partial charge in [-0.05, 0) is 18.3 Å². The van der Waals surface area contributed by atoms with E-state index in [0.717, 1.165) is 6.42 Å². The molecule has 1 fully saturated rings. The van der Waals surface area contributed by atoms with Crippen LogP contribution in [0.5, 0.6) is 0 Å². The molecule has 15 heavy (non-hydrogen) atoms. The Morgan fingerprint density at radius 3 is 2.87 bits per heavy atom. The average molecular weight is 230 g/mol. The van der Waals surface area contributed by atoms with Crippen LogP contribution < -0.4 is 5.32 Å². The summed E-state index contributed by atoms with van der Waals surface area (Å²) in [6.45, 7) is 4.52. The third-order valence-corrected chi connectivity index (χ3v) is 3.36. The van der Waals surface area contributed by atoms with Crippen molar-refractivity contribution in [2.45, 2.75) is 45.0 Å². The lowest BCUT2D eigenvalue weighted by Crippen LogP contribution is -2.30. The van der Waals surface area contributed by atoms with Gasteiger partial charge in [-0.2, -0.15) is 0 Å². The van der Waals surface area contributed by atoms with E-state index in [2.05, 4.69) is 29.4 Å². The van der Waals surface area contributed by atoms with E-state index in [0.29, 0.717) is 23.4 Å². The molecule has 0 radical (unpaired) electrons. The number of hydrogen-bond donors (Lipinski definition) is 1. The lowest BCUT2D eigenvalue weighted by Gasteiger charge is -2.26. The molecule has 2 rings (SSSR count). The molecule has 1 aliphatic rings. The summed E-state index contributed by atoms with van der Waals surface area (Å²) in [5.74, 6) is 0.734. The molecule has 4 nitrogen and oxygen atoms in total. The number of nitrogens with zero attached hydrogens (tertiary/aromatic N) is 2. The zero-order valence-electron chi connectivity index (χ0n) is 9.09. The summed E-state index contributed by atoms with van der Waals surface area (Å²) >= 11 is 5.59. The van der Waals surface area contributed by atoms with Gasteiger partial charge in [0, 0.05) is 6.04 Å². The maximum atomic E-state index is 5.59. The first kappa shape index (κ1) is 10.7. The molecule has 1 heterocycles. The summed E-state index contributed by atoms with van der Waals surface area (Å²) in [6, 6.07) is 0.909. The Labute approximate surface area is 94.4 Å². The number of nitrogens with one attached hydrogen (secondary N) is 1. The molecular weight excluding hydrogens is 214 g/mol. The van der Waals surface area contributed by atoms with Gasteiger partial charge in [0.1, 0.15) is 5.88 Å². The molecule has 1 aliphatic carbocycles. The van der Waals surface area contributed by atoms with Crippen molar-refractivity contribution in [3.8, 4) is 0 Å². The Morgan fingerprint density at radius 2 is 2.33 bits per heavy atom. The Bertz CT molecular complexity index is 337. The van der Waals surface area contributed by atoms with Crippen LogP contribution in [0.1, 0.15) is 39.0 Å². The Balaban J connectivity index is 2.02. The van der Waals surface area contributed by atoms with Gasteiger partial charge < -0.3 is 9.73 Å². The summed E-state index contributed by atoms with van der Waals surface area (Å²) in [6.07, 6.45) is 3.65. The normalized spacial score (nSPS) is 24.3. The highest BCUT2D eigenvalue weighted by atomic mass is 35.5. The monoisotopic (exact) mass is 229 g/mol. The van der Waals surface area contributed by atoms with Gasteiger partial charge in [0.05, 0.1) is 0 Å². The summed E-state index contributed by atoms with van der Waals surface area (Å²) in [4.78, 5) is 0. The molecule has 1 atom stereocenters. The van der Waals surface area contributed by atoms with Crippen LogP contribution in [0, 0.1) is 5.41 Å². The molecule has 1 N–H and O–H groups in total. The molecule has 0 aliphatic heterocycles. The van der Waals surface area contributed by atoms with E-state index in [1.807, 2.05) is 0 Å². The SMILES string of the molecule is CC1(C)CCCC1Nc1nnc(CCl)o1. The molecule has 84 valence electrons. The van der Waals surface area contributed by atoms with Crippen LogP contribution in [0.3, 0.4) is 0 Å². The first-order valence-corrected chi connectivity index (χ1v) is 5.80. The van der Waals surface area contributed by atoms with Crippen LogP contribution in [0.2, 0.25) is 0 Å². The highest BCUT2D eigenvalue weighted by Crippen LogP contribution is 2.38. The molecule has 0 amide bonds. The molecule has 5 heteroatoms. The quantitative estimate of drug-likeness (QED) is 0.810. The molecule has 0 spiro atoms. The number of rotatable bonds is 3. The third-order valence-electron chi connectivity index (χ3n) is 3.14. The Hall–Kier alpha value is -0.770. The van der Waals surface area contributed by atoms with Crippen LogP contribution >= 0.6 is 11.6 Å². The van der Waals surface area contributed by atoms with Gasteiger partial charge in [-0.3, -0.25) is 0 Å². The maximum Gasteiger partial charge on any atom is 0.315 e. The second-order valence-electron chi connectivity index (χ2n) is 4.71. The molecule has 1 aromatic heterocycles. The van der Waals surface area contributed by atoms with Gasteiger partial charge in [0.15, 0.2) is 0 Å². The second-order valence-corrected chi connectivity index (χ2v) is 4.98. The summed E-state index contributed by atoms with van der Waals surface area (Å²) in [5, 5.41) is 11.0. The van der Waals surface area contributed by atoms with E-state index in [1.54, 1.807) is 0 Å². The fourth-order valence-corrected chi connectivity index (χ4v) is 2.22. The summed E-state index contributed by atoms with van der Waals surface area (Å²) < 4.78 is 5.32. The summed E-state index contributed by atoms with van der Waals surface area (Å²) in [5.41, 5.74) is 0.301. The van der Waals surface area contributed by atoms with Gasteiger partial charge in [-0.1, -0.05) is 25.4 Å². The van der Waals surface area contributed by atoms with Crippen LogP contribution in [0.4, 0.5) is 6.01 Å². The number of hydrogen-bond acceptors (Lipinski definition) is 4. The molecule has 1 unspecified atom stereocenters. The number of aromatic nitrogens is 2. The van der Waals surface area contributed by atoms with E-state index in [9.17, 15) is 0 Å². The fourth-order valence-electron chi connectivity index (χ4n) is 2.11. The first-order chi connectivity index (χ1) is 7.12. The Morgan fingerprint density at radius 1 is 1.53 bits per heavy atom. The fraction of sp³-hybridized carbons (Fsp3) is 0.800. The van der Waals surface area contributed by atoms with Gasteiger partial charge in [-0.15, -0.1) is 16.7 Å². The van der Waals surface area contributed by atoms with Crippen LogP contribution in [-0.4, -0.2) is 16.2 Å². The predicted molar refractivity (Wildman–Crippen MR) is 58.9 cm³/mol. The molecule has 0 bridgehead atoms. The van der Waals surface area contributed by atoms with Gasteiger partial charge in [0.25, 0.3) is 0 Å². The van der Waals surface area contributed by atoms with Gasteiger partial charge in [-0.25, -0.2) is 0 Å². The van der Waals surface area contributed by atoms with Gasteiger partial charge >= 0.3 is 6.01 Å². The average Bonchev–Trinajstić information content (AvgIpc) is 2.75. The second kappa shape index (κ2) is 4.00. The smallest absolute Gasteiger partial charge is 0.315 e. The van der Waals surface area contributed by atoms with Crippen molar-refractivity contribution in [2.75, 3.05) is 5.32 Å². The molecule has 0 aromatic carbocycles. The van der Waals surface area contributed by atoms with E-state index >= 15 is 0 Å². The highest BCUT2D eigenvalue weighted by Gasteiger charge is 2.35. The van der Waals surface area contributed by atoms with Crippen molar-refractivity contribution in [3.05, 3.63) is 5.89 Å². The lowest BCUT2D eigenvalue weighted by molar-refractivity contribution is 0.343. The predicted octanol–water partition coefficient (Wildman–Crippen LogP) is 2.80.